The van der Waals surface area contributed by atoms with E-state index >= 15 is 0 Å². The zero-order valence-corrected chi connectivity index (χ0v) is 21.0. The molecule has 1 fully saturated rings. The lowest BCUT2D eigenvalue weighted by molar-refractivity contribution is -0.117. The topological polar surface area (TPSA) is 115 Å². The van der Waals surface area contributed by atoms with E-state index in [4.69, 9.17) is 4.74 Å². The number of ether oxygens (including phenoxy) is 1. The van der Waals surface area contributed by atoms with Crippen molar-refractivity contribution >= 4 is 34.4 Å². The van der Waals surface area contributed by atoms with Crippen LogP contribution < -0.4 is 20.9 Å². The summed E-state index contributed by atoms with van der Waals surface area (Å²) in [6.07, 6.45) is 3.33. The number of nitrogens with zero attached hydrogens (tertiary/aromatic N) is 3. The van der Waals surface area contributed by atoms with Crippen LogP contribution in [0.5, 0.6) is 11.5 Å². The van der Waals surface area contributed by atoms with Gasteiger partial charge in [-0.3, -0.25) is 19.0 Å². The van der Waals surface area contributed by atoms with Crippen molar-refractivity contribution in [1.82, 2.24) is 14.5 Å². The highest BCUT2D eigenvalue weighted by atomic mass is 19.1. The van der Waals surface area contributed by atoms with Crippen molar-refractivity contribution in [2.75, 3.05) is 10.6 Å². The number of carbonyl (C=O) groups excluding carboxylic acids is 2. The number of pyridine rings is 1. The van der Waals surface area contributed by atoms with Crippen LogP contribution in [0, 0.1) is 11.7 Å². The molecule has 3 aromatic carbocycles. The second-order valence-electron chi connectivity index (χ2n) is 9.29. The standard InChI is InChI=1S/C30H22FN5O4/c31-19-7-11-21(12-8-19)36-25-4-2-1-3-24(25)34-27(30(36)39)29(38)33-20-9-13-22(14-10-20)40-23-15-16-32-26(17-23)35-28(37)18-5-6-18/h1-4,7-18H,5-6H2,(H,33,38)(H,32,35,37). The molecule has 0 bridgehead atoms. The van der Waals surface area contributed by atoms with E-state index < -0.39 is 17.3 Å². The zero-order valence-electron chi connectivity index (χ0n) is 21.0. The van der Waals surface area contributed by atoms with Crippen LogP contribution >= 0.6 is 0 Å². The molecule has 5 aromatic rings. The van der Waals surface area contributed by atoms with Crippen LogP contribution in [0.15, 0.2) is 95.9 Å². The maximum absolute atomic E-state index is 13.5. The number of carbonyl (C=O) groups is 2. The number of rotatable bonds is 7. The molecule has 40 heavy (non-hydrogen) atoms. The molecule has 1 saturated carbocycles. The van der Waals surface area contributed by atoms with Gasteiger partial charge in [0, 0.05) is 29.6 Å². The molecule has 0 atom stereocenters. The number of aromatic nitrogens is 3. The van der Waals surface area contributed by atoms with E-state index in [-0.39, 0.29) is 17.5 Å². The lowest BCUT2D eigenvalue weighted by Crippen LogP contribution is -2.30. The summed E-state index contributed by atoms with van der Waals surface area (Å²) < 4.78 is 20.7. The first-order valence-electron chi connectivity index (χ1n) is 12.6. The maximum Gasteiger partial charge on any atom is 0.287 e. The van der Waals surface area contributed by atoms with E-state index in [0.717, 1.165) is 12.8 Å². The van der Waals surface area contributed by atoms with Crippen molar-refractivity contribution in [3.05, 3.63) is 113 Å². The third-order valence-corrected chi connectivity index (χ3v) is 6.34. The number of benzene rings is 3. The molecule has 1 aliphatic rings. The Labute approximate surface area is 227 Å². The Morgan fingerprint density at radius 2 is 1.65 bits per heavy atom. The Kier molecular flexibility index (Phi) is 6.49. The molecule has 0 aliphatic heterocycles. The van der Waals surface area contributed by atoms with Gasteiger partial charge >= 0.3 is 0 Å². The Bertz CT molecular complexity index is 1800. The summed E-state index contributed by atoms with van der Waals surface area (Å²) >= 11 is 0. The smallest absolute Gasteiger partial charge is 0.287 e. The van der Waals surface area contributed by atoms with Crippen LogP contribution in [-0.4, -0.2) is 26.3 Å². The maximum atomic E-state index is 13.5. The first kappa shape index (κ1) is 24.9. The van der Waals surface area contributed by atoms with Crippen molar-refractivity contribution in [1.29, 1.82) is 0 Å². The molecule has 0 saturated heterocycles. The largest absolute Gasteiger partial charge is 0.457 e. The van der Waals surface area contributed by atoms with Gasteiger partial charge in [0.15, 0.2) is 5.69 Å². The number of hydrogen-bond acceptors (Lipinski definition) is 6. The number of para-hydroxylation sites is 2. The Morgan fingerprint density at radius 3 is 2.40 bits per heavy atom. The lowest BCUT2D eigenvalue weighted by Gasteiger charge is -2.13. The molecule has 0 radical (unpaired) electrons. The molecule has 0 spiro atoms. The van der Waals surface area contributed by atoms with Crippen molar-refractivity contribution < 1.29 is 18.7 Å². The fourth-order valence-electron chi connectivity index (χ4n) is 4.18. The van der Waals surface area contributed by atoms with Gasteiger partial charge in [-0.2, -0.15) is 0 Å². The Balaban J connectivity index is 1.21. The van der Waals surface area contributed by atoms with Gasteiger partial charge in [0.1, 0.15) is 23.1 Å². The average Bonchev–Trinajstić information content (AvgIpc) is 3.81. The van der Waals surface area contributed by atoms with Crippen LogP contribution in [-0.2, 0) is 4.79 Å². The molecule has 2 N–H and O–H groups in total. The summed E-state index contributed by atoms with van der Waals surface area (Å²) in [5.74, 6) is 0.272. The summed E-state index contributed by atoms with van der Waals surface area (Å²) in [6.45, 7) is 0. The highest BCUT2D eigenvalue weighted by molar-refractivity contribution is 6.03. The summed E-state index contributed by atoms with van der Waals surface area (Å²) in [6, 6.07) is 22.2. The van der Waals surface area contributed by atoms with E-state index in [9.17, 15) is 18.8 Å². The third-order valence-electron chi connectivity index (χ3n) is 6.34. The highest BCUT2D eigenvalue weighted by Crippen LogP contribution is 2.31. The predicted octanol–water partition coefficient (Wildman–Crippen LogP) is 5.31. The molecule has 2 heterocycles. The zero-order chi connectivity index (χ0) is 27.6. The number of hydrogen-bond donors (Lipinski definition) is 2. The molecule has 10 heteroatoms. The van der Waals surface area contributed by atoms with Crippen molar-refractivity contribution in [2.45, 2.75) is 12.8 Å². The SMILES string of the molecule is O=C(Nc1ccc(Oc2ccnc(NC(=O)C3CC3)c2)cc1)c1nc2ccccc2n(-c2ccc(F)cc2)c1=O. The Morgan fingerprint density at radius 1 is 0.900 bits per heavy atom. The third kappa shape index (κ3) is 5.28. The summed E-state index contributed by atoms with van der Waals surface area (Å²) in [4.78, 5) is 47.0. The van der Waals surface area contributed by atoms with E-state index in [2.05, 4.69) is 20.6 Å². The molecule has 2 aromatic heterocycles. The fourth-order valence-corrected chi connectivity index (χ4v) is 4.18. The summed E-state index contributed by atoms with van der Waals surface area (Å²) in [5, 5.41) is 5.48. The van der Waals surface area contributed by atoms with Crippen LogP contribution in [0.2, 0.25) is 0 Å². The monoisotopic (exact) mass is 535 g/mol. The molecule has 1 aliphatic carbocycles. The molecular formula is C30H22FN5O4. The molecule has 2 amide bonds. The van der Waals surface area contributed by atoms with Crippen molar-refractivity contribution in [3.63, 3.8) is 0 Å². The van der Waals surface area contributed by atoms with Crippen LogP contribution in [0.4, 0.5) is 15.9 Å². The number of nitrogens with one attached hydrogen (secondary N) is 2. The lowest BCUT2D eigenvalue weighted by atomic mass is 10.2. The molecular weight excluding hydrogens is 513 g/mol. The normalized spacial score (nSPS) is 12.6. The first-order valence-corrected chi connectivity index (χ1v) is 12.6. The van der Waals surface area contributed by atoms with Crippen molar-refractivity contribution in [3.8, 4) is 17.2 Å². The summed E-state index contributed by atoms with van der Waals surface area (Å²) in [5.41, 5.74) is 0.818. The van der Waals surface area contributed by atoms with Gasteiger partial charge in [-0.1, -0.05) is 12.1 Å². The number of fused-ring (bicyclic) bond motifs is 1. The van der Waals surface area contributed by atoms with Gasteiger partial charge < -0.3 is 15.4 Å². The molecule has 0 unspecified atom stereocenters. The van der Waals surface area contributed by atoms with Gasteiger partial charge in [0.05, 0.1) is 11.0 Å². The minimum Gasteiger partial charge on any atom is -0.457 e. The van der Waals surface area contributed by atoms with Gasteiger partial charge in [0.25, 0.3) is 11.5 Å². The Hall–Kier alpha value is -5.38. The second-order valence-corrected chi connectivity index (χ2v) is 9.29. The molecule has 9 nitrogen and oxygen atoms in total. The van der Waals surface area contributed by atoms with Gasteiger partial charge in [-0.25, -0.2) is 14.4 Å². The van der Waals surface area contributed by atoms with Gasteiger partial charge in [0.2, 0.25) is 5.91 Å². The average molecular weight is 536 g/mol. The minimum absolute atomic E-state index is 0.0462. The predicted molar refractivity (Wildman–Crippen MR) is 147 cm³/mol. The van der Waals surface area contributed by atoms with E-state index in [1.165, 1.54) is 28.8 Å². The second kappa shape index (κ2) is 10.4. The van der Waals surface area contributed by atoms with E-state index in [1.807, 2.05) is 0 Å². The van der Waals surface area contributed by atoms with Crippen LogP contribution in [0.3, 0.4) is 0 Å². The fraction of sp³-hybridized carbons (Fsp3) is 0.100. The van der Waals surface area contributed by atoms with Gasteiger partial charge in [-0.15, -0.1) is 0 Å². The van der Waals surface area contributed by atoms with Crippen LogP contribution in [0.25, 0.3) is 16.7 Å². The van der Waals surface area contributed by atoms with Crippen LogP contribution in [0.1, 0.15) is 23.3 Å². The number of amides is 2. The molecule has 198 valence electrons. The number of anilines is 2. The number of halogens is 1. The highest BCUT2D eigenvalue weighted by Gasteiger charge is 2.29. The van der Waals surface area contributed by atoms with Gasteiger partial charge in [-0.05, 0) is 79.6 Å². The van der Waals surface area contributed by atoms with E-state index in [1.54, 1.807) is 66.9 Å². The summed E-state index contributed by atoms with van der Waals surface area (Å²) in [7, 11) is 0. The molecule has 6 rings (SSSR count). The quantitative estimate of drug-likeness (QED) is 0.292. The first-order chi connectivity index (χ1) is 19.4. The van der Waals surface area contributed by atoms with E-state index in [0.29, 0.717) is 39.7 Å². The minimum atomic E-state index is -0.689. The van der Waals surface area contributed by atoms with Crippen molar-refractivity contribution in [2.24, 2.45) is 5.92 Å².